The molecular weight excluding hydrogens is 296 g/mol. The van der Waals surface area contributed by atoms with E-state index in [2.05, 4.69) is 21.2 Å². The maximum atomic E-state index is 12.0. The summed E-state index contributed by atoms with van der Waals surface area (Å²) in [5, 5.41) is 2.72. The van der Waals surface area contributed by atoms with Crippen molar-refractivity contribution < 1.29 is 9.59 Å². The Bertz CT molecular complexity index is 484. The van der Waals surface area contributed by atoms with Gasteiger partial charge in [-0.1, -0.05) is 11.6 Å². The van der Waals surface area contributed by atoms with Gasteiger partial charge in [0.05, 0.1) is 11.0 Å². The Morgan fingerprint density at radius 3 is 2.56 bits per heavy atom. The standard InChI is InChI=1S/C13H17BrN2O2/c1-8-4-5-10(14)9(6-8)11(17)16-7-13(2,3)12(15)18/h4-6H,7H2,1-3H3,(H2,15,18)(H,16,17). The molecule has 0 saturated heterocycles. The van der Waals surface area contributed by atoms with Crippen molar-refractivity contribution in [3.63, 3.8) is 0 Å². The molecule has 0 radical (unpaired) electrons. The molecule has 0 atom stereocenters. The number of rotatable bonds is 4. The van der Waals surface area contributed by atoms with Crippen molar-refractivity contribution >= 4 is 27.7 Å². The number of halogens is 1. The molecule has 4 nitrogen and oxygen atoms in total. The molecule has 0 bridgehead atoms. The highest BCUT2D eigenvalue weighted by Crippen LogP contribution is 2.19. The number of carbonyl (C=O) groups is 2. The molecule has 0 fully saturated rings. The summed E-state index contributed by atoms with van der Waals surface area (Å²) in [6, 6.07) is 5.52. The van der Waals surface area contributed by atoms with E-state index < -0.39 is 11.3 Å². The van der Waals surface area contributed by atoms with Gasteiger partial charge in [0.15, 0.2) is 0 Å². The van der Waals surface area contributed by atoms with Gasteiger partial charge in [-0.3, -0.25) is 9.59 Å². The lowest BCUT2D eigenvalue weighted by Gasteiger charge is -2.20. The minimum Gasteiger partial charge on any atom is -0.369 e. The third-order valence-electron chi connectivity index (χ3n) is 2.72. The van der Waals surface area contributed by atoms with Gasteiger partial charge in [-0.05, 0) is 48.8 Å². The molecule has 0 aliphatic rings. The predicted octanol–water partition coefficient (Wildman–Crippen LogP) is 2.00. The number of carbonyl (C=O) groups excluding carboxylic acids is 2. The summed E-state index contributed by atoms with van der Waals surface area (Å²) in [5.41, 5.74) is 6.04. The van der Waals surface area contributed by atoms with E-state index in [0.29, 0.717) is 5.56 Å². The van der Waals surface area contributed by atoms with Gasteiger partial charge < -0.3 is 11.1 Å². The monoisotopic (exact) mass is 312 g/mol. The first-order valence-electron chi connectivity index (χ1n) is 5.58. The summed E-state index contributed by atoms with van der Waals surface area (Å²) < 4.78 is 0.725. The Hall–Kier alpha value is -1.36. The fourth-order valence-electron chi connectivity index (χ4n) is 1.30. The van der Waals surface area contributed by atoms with Crippen LogP contribution in [0.5, 0.6) is 0 Å². The zero-order chi connectivity index (χ0) is 13.9. The smallest absolute Gasteiger partial charge is 0.252 e. The van der Waals surface area contributed by atoms with Crippen LogP contribution in [0.3, 0.4) is 0 Å². The van der Waals surface area contributed by atoms with Crippen LogP contribution in [0.1, 0.15) is 29.8 Å². The van der Waals surface area contributed by atoms with E-state index in [4.69, 9.17) is 5.73 Å². The Morgan fingerprint density at radius 1 is 1.39 bits per heavy atom. The minimum atomic E-state index is -0.758. The fourth-order valence-corrected chi connectivity index (χ4v) is 1.72. The molecule has 0 aromatic heterocycles. The van der Waals surface area contributed by atoms with Crippen molar-refractivity contribution in [2.45, 2.75) is 20.8 Å². The summed E-state index contributed by atoms with van der Waals surface area (Å²) in [6.07, 6.45) is 0. The van der Waals surface area contributed by atoms with Crippen LogP contribution in [0.25, 0.3) is 0 Å². The van der Waals surface area contributed by atoms with E-state index in [9.17, 15) is 9.59 Å². The molecule has 1 rings (SSSR count). The van der Waals surface area contributed by atoms with Gasteiger partial charge in [0.2, 0.25) is 5.91 Å². The number of nitrogens with one attached hydrogen (secondary N) is 1. The molecule has 3 N–H and O–H groups in total. The molecular formula is C13H17BrN2O2. The Labute approximate surface area is 115 Å². The van der Waals surface area contributed by atoms with E-state index in [1.165, 1.54) is 0 Å². The third-order valence-corrected chi connectivity index (χ3v) is 3.42. The van der Waals surface area contributed by atoms with Crippen molar-refractivity contribution in [2.75, 3.05) is 6.54 Å². The summed E-state index contributed by atoms with van der Waals surface area (Å²) in [7, 11) is 0. The van der Waals surface area contributed by atoms with Crippen molar-refractivity contribution in [1.29, 1.82) is 0 Å². The maximum Gasteiger partial charge on any atom is 0.252 e. The highest BCUT2D eigenvalue weighted by molar-refractivity contribution is 9.10. The number of hydrogen-bond donors (Lipinski definition) is 2. The van der Waals surface area contributed by atoms with Gasteiger partial charge in [-0.25, -0.2) is 0 Å². The highest BCUT2D eigenvalue weighted by Gasteiger charge is 2.25. The molecule has 0 aliphatic heterocycles. The van der Waals surface area contributed by atoms with Gasteiger partial charge in [0.25, 0.3) is 5.91 Å². The predicted molar refractivity (Wildman–Crippen MR) is 74.2 cm³/mol. The van der Waals surface area contributed by atoms with Crippen LogP contribution in [-0.2, 0) is 4.79 Å². The number of amides is 2. The average Bonchev–Trinajstić information content (AvgIpc) is 2.29. The second-order valence-electron chi connectivity index (χ2n) is 4.91. The lowest BCUT2D eigenvalue weighted by molar-refractivity contribution is -0.125. The lowest BCUT2D eigenvalue weighted by atomic mass is 9.92. The topological polar surface area (TPSA) is 72.2 Å². The van der Waals surface area contributed by atoms with Crippen LogP contribution in [0.15, 0.2) is 22.7 Å². The summed E-state index contributed by atoms with van der Waals surface area (Å²) in [4.78, 5) is 23.1. The van der Waals surface area contributed by atoms with Gasteiger partial charge >= 0.3 is 0 Å². The molecule has 1 aromatic carbocycles. The first-order valence-corrected chi connectivity index (χ1v) is 6.37. The molecule has 18 heavy (non-hydrogen) atoms. The van der Waals surface area contributed by atoms with E-state index in [0.717, 1.165) is 10.0 Å². The number of aryl methyl sites for hydroxylation is 1. The normalized spacial score (nSPS) is 11.1. The zero-order valence-corrected chi connectivity index (χ0v) is 12.3. The largest absolute Gasteiger partial charge is 0.369 e. The van der Waals surface area contributed by atoms with Crippen LogP contribution >= 0.6 is 15.9 Å². The van der Waals surface area contributed by atoms with E-state index in [-0.39, 0.29) is 12.5 Å². The second kappa shape index (κ2) is 5.52. The van der Waals surface area contributed by atoms with Crippen LogP contribution in [0.2, 0.25) is 0 Å². The molecule has 0 saturated carbocycles. The Balaban J connectivity index is 2.78. The number of benzene rings is 1. The molecule has 1 aromatic rings. The molecule has 0 aliphatic carbocycles. The summed E-state index contributed by atoms with van der Waals surface area (Å²) in [6.45, 7) is 5.51. The van der Waals surface area contributed by atoms with Crippen molar-refractivity contribution in [1.82, 2.24) is 5.32 Å². The molecule has 0 spiro atoms. The van der Waals surface area contributed by atoms with Gasteiger partial charge in [0.1, 0.15) is 0 Å². The summed E-state index contributed by atoms with van der Waals surface area (Å²) >= 11 is 3.33. The molecule has 0 unspecified atom stereocenters. The number of hydrogen-bond acceptors (Lipinski definition) is 2. The lowest BCUT2D eigenvalue weighted by Crippen LogP contribution is -2.42. The number of nitrogens with two attached hydrogens (primary N) is 1. The highest BCUT2D eigenvalue weighted by atomic mass is 79.9. The fraction of sp³-hybridized carbons (Fsp3) is 0.385. The van der Waals surface area contributed by atoms with Crippen LogP contribution in [0, 0.1) is 12.3 Å². The quantitative estimate of drug-likeness (QED) is 0.892. The maximum absolute atomic E-state index is 12.0. The molecule has 0 heterocycles. The zero-order valence-electron chi connectivity index (χ0n) is 10.7. The third kappa shape index (κ3) is 3.57. The Morgan fingerprint density at radius 2 is 2.00 bits per heavy atom. The first-order chi connectivity index (χ1) is 8.24. The van der Waals surface area contributed by atoms with Crippen molar-refractivity contribution in [3.8, 4) is 0 Å². The van der Waals surface area contributed by atoms with Gasteiger partial charge in [-0.2, -0.15) is 0 Å². The minimum absolute atomic E-state index is 0.210. The second-order valence-corrected chi connectivity index (χ2v) is 5.77. The Kier molecular flexibility index (Phi) is 4.51. The van der Waals surface area contributed by atoms with E-state index in [1.807, 2.05) is 19.1 Å². The molecule has 5 heteroatoms. The molecule has 2 amide bonds. The van der Waals surface area contributed by atoms with Gasteiger partial charge in [-0.15, -0.1) is 0 Å². The first kappa shape index (κ1) is 14.7. The average molecular weight is 313 g/mol. The van der Waals surface area contributed by atoms with Crippen molar-refractivity contribution in [2.24, 2.45) is 11.1 Å². The summed E-state index contributed by atoms with van der Waals surface area (Å²) in [5.74, 6) is -0.661. The van der Waals surface area contributed by atoms with Crippen LogP contribution < -0.4 is 11.1 Å². The van der Waals surface area contributed by atoms with E-state index in [1.54, 1.807) is 19.9 Å². The van der Waals surface area contributed by atoms with Crippen LogP contribution in [0.4, 0.5) is 0 Å². The van der Waals surface area contributed by atoms with Gasteiger partial charge in [0, 0.05) is 11.0 Å². The number of primary amides is 1. The SMILES string of the molecule is Cc1ccc(Br)c(C(=O)NCC(C)(C)C(N)=O)c1. The van der Waals surface area contributed by atoms with Crippen molar-refractivity contribution in [3.05, 3.63) is 33.8 Å². The van der Waals surface area contributed by atoms with Crippen LogP contribution in [-0.4, -0.2) is 18.4 Å². The molecule has 98 valence electrons. The van der Waals surface area contributed by atoms with E-state index >= 15 is 0 Å².